The summed E-state index contributed by atoms with van der Waals surface area (Å²) in [5, 5.41) is 3.26. The second-order valence-corrected chi connectivity index (χ2v) is 8.38. The summed E-state index contributed by atoms with van der Waals surface area (Å²) < 4.78 is 0.883. The van der Waals surface area contributed by atoms with Crippen LogP contribution < -0.4 is 10.2 Å². The molecule has 1 N–H and O–H groups in total. The van der Waals surface area contributed by atoms with Crippen molar-refractivity contribution in [1.82, 2.24) is 15.1 Å². The predicted molar refractivity (Wildman–Crippen MR) is 118 cm³/mol. The summed E-state index contributed by atoms with van der Waals surface area (Å²) in [6, 6.07) is 14.1. The summed E-state index contributed by atoms with van der Waals surface area (Å²) in [4.78, 5) is 44.0. The van der Waals surface area contributed by atoms with Gasteiger partial charge in [-0.15, -0.1) is 0 Å². The Balaban J connectivity index is 1.54. The Morgan fingerprint density at radius 3 is 2.40 bits per heavy atom. The number of carbonyl (C=O) groups is 3. The molecule has 0 spiro atoms. The van der Waals surface area contributed by atoms with E-state index in [1.807, 2.05) is 12.1 Å². The Labute approximate surface area is 183 Å². The molecular weight excluding hydrogens is 448 g/mol. The van der Waals surface area contributed by atoms with E-state index in [2.05, 4.69) is 26.1 Å². The summed E-state index contributed by atoms with van der Waals surface area (Å²) >= 11 is 3.38. The predicted octanol–water partition coefficient (Wildman–Crippen LogP) is 1.98. The van der Waals surface area contributed by atoms with Crippen LogP contribution in [0.25, 0.3) is 0 Å². The van der Waals surface area contributed by atoms with Crippen LogP contribution >= 0.6 is 15.9 Å². The van der Waals surface area contributed by atoms with Gasteiger partial charge in [-0.3, -0.25) is 24.2 Å². The van der Waals surface area contributed by atoms with Crippen molar-refractivity contribution < 1.29 is 14.4 Å². The Bertz CT molecular complexity index is 957. The molecular formula is C22H23BrN4O3. The highest BCUT2D eigenvalue weighted by molar-refractivity contribution is 9.10. The van der Waals surface area contributed by atoms with Crippen molar-refractivity contribution in [3.8, 4) is 0 Å². The minimum Gasteiger partial charge on any atom is -0.314 e. The number of benzene rings is 2. The first-order chi connectivity index (χ1) is 14.5. The number of nitrogens with zero attached hydrogens (tertiary/aromatic N) is 3. The smallest absolute Gasteiger partial charge is 0.259 e. The van der Waals surface area contributed by atoms with Crippen molar-refractivity contribution in [2.45, 2.75) is 0 Å². The van der Waals surface area contributed by atoms with E-state index in [1.165, 1.54) is 4.90 Å². The number of para-hydroxylation sites is 1. The number of ketones is 1. The van der Waals surface area contributed by atoms with Gasteiger partial charge in [0.2, 0.25) is 0 Å². The Morgan fingerprint density at radius 1 is 0.967 bits per heavy atom. The maximum absolute atomic E-state index is 13.2. The van der Waals surface area contributed by atoms with Crippen molar-refractivity contribution in [3.05, 3.63) is 64.1 Å². The zero-order chi connectivity index (χ0) is 21.1. The van der Waals surface area contributed by atoms with E-state index >= 15 is 0 Å². The molecule has 0 bridgehead atoms. The summed E-state index contributed by atoms with van der Waals surface area (Å²) in [6.45, 7) is 3.71. The van der Waals surface area contributed by atoms with Crippen molar-refractivity contribution in [2.75, 3.05) is 50.8 Å². The van der Waals surface area contributed by atoms with Gasteiger partial charge in [0.15, 0.2) is 5.78 Å². The molecule has 2 aromatic rings. The van der Waals surface area contributed by atoms with E-state index < -0.39 is 0 Å². The highest BCUT2D eigenvalue weighted by Gasteiger charge is 2.33. The monoisotopic (exact) mass is 470 g/mol. The largest absolute Gasteiger partial charge is 0.314 e. The summed E-state index contributed by atoms with van der Waals surface area (Å²) in [7, 11) is 0. The molecule has 7 nitrogen and oxygen atoms in total. The van der Waals surface area contributed by atoms with Crippen LogP contribution in [-0.2, 0) is 4.79 Å². The molecule has 30 heavy (non-hydrogen) atoms. The molecule has 0 atom stereocenters. The minimum absolute atomic E-state index is 0.0127. The van der Waals surface area contributed by atoms with Gasteiger partial charge < -0.3 is 10.2 Å². The highest BCUT2D eigenvalue weighted by atomic mass is 79.9. The van der Waals surface area contributed by atoms with Crippen LogP contribution in [0.2, 0.25) is 0 Å². The number of Topliss-reactive ketones (excluding diaryl/α,β-unsaturated/α-hetero) is 1. The molecule has 2 amide bonds. The Morgan fingerprint density at radius 2 is 1.67 bits per heavy atom. The molecule has 0 aromatic heterocycles. The van der Waals surface area contributed by atoms with E-state index in [-0.39, 0.29) is 30.8 Å². The molecule has 156 valence electrons. The first kappa shape index (κ1) is 20.7. The van der Waals surface area contributed by atoms with E-state index in [9.17, 15) is 14.4 Å². The van der Waals surface area contributed by atoms with Crippen LogP contribution in [-0.4, -0.2) is 73.3 Å². The number of nitrogens with one attached hydrogen (secondary N) is 1. The third kappa shape index (κ3) is 4.45. The van der Waals surface area contributed by atoms with Gasteiger partial charge in [-0.25, -0.2) is 0 Å². The Hall–Kier alpha value is -2.55. The summed E-state index contributed by atoms with van der Waals surface area (Å²) in [5.74, 6) is -0.457. The lowest BCUT2D eigenvalue weighted by Gasteiger charge is -2.37. The molecule has 0 aliphatic carbocycles. The second-order valence-electron chi connectivity index (χ2n) is 7.47. The zero-order valence-corrected chi connectivity index (χ0v) is 18.1. The molecule has 8 heteroatoms. The van der Waals surface area contributed by atoms with Crippen molar-refractivity contribution >= 4 is 39.2 Å². The standard InChI is InChI=1S/C22H23BrN4O3/c23-17-7-5-16(6-8-17)21(29)27-15-26(22(30)19-3-1-2-4-20(19)27)14-18(28)13-25-11-9-24-10-12-25/h1-8,24H,9-15H2. The highest BCUT2D eigenvalue weighted by Crippen LogP contribution is 2.28. The molecule has 1 saturated heterocycles. The number of fused-ring (bicyclic) bond motifs is 1. The van der Waals surface area contributed by atoms with E-state index in [1.54, 1.807) is 41.3 Å². The number of piperazine rings is 1. The normalized spacial score (nSPS) is 17.0. The van der Waals surface area contributed by atoms with Crippen LogP contribution in [0.3, 0.4) is 0 Å². The second kappa shape index (κ2) is 9.07. The number of anilines is 1. The summed E-state index contributed by atoms with van der Waals surface area (Å²) in [5.41, 5.74) is 1.53. The molecule has 0 unspecified atom stereocenters. The van der Waals surface area contributed by atoms with Gasteiger partial charge in [-0.05, 0) is 36.4 Å². The molecule has 0 radical (unpaired) electrons. The molecule has 4 rings (SSSR count). The van der Waals surface area contributed by atoms with Crippen molar-refractivity contribution in [2.24, 2.45) is 0 Å². The fourth-order valence-electron chi connectivity index (χ4n) is 3.80. The van der Waals surface area contributed by atoms with Crippen LogP contribution in [0.5, 0.6) is 0 Å². The van der Waals surface area contributed by atoms with Crippen LogP contribution in [0.1, 0.15) is 20.7 Å². The lowest BCUT2D eigenvalue weighted by atomic mass is 10.1. The van der Waals surface area contributed by atoms with Crippen LogP contribution in [0, 0.1) is 0 Å². The molecule has 1 fully saturated rings. The van der Waals surface area contributed by atoms with E-state index in [0.717, 1.165) is 30.7 Å². The molecule has 2 aliphatic heterocycles. The van der Waals surface area contributed by atoms with Crippen molar-refractivity contribution in [1.29, 1.82) is 0 Å². The van der Waals surface area contributed by atoms with Gasteiger partial charge >= 0.3 is 0 Å². The average Bonchev–Trinajstić information content (AvgIpc) is 2.76. The van der Waals surface area contributed by atoms with Gasteiger partial charge in [0.1, 0.15) is 6.67 Å². The number of rotatable bonds is 5. The van der Waals surface area contributed by atoms with Crippen LogP contribution in [0.4, 0.5) is 5.69 Å². The third-order valence-corrected chi connectivity index (χ3v) is 5.87. The van der Waals surface area contributed by atoms with Gasteiger partial charge in [0, 0.05) is 36.2 Å². The fourth-order valence-corrected chi connectivity index (χ4v) is 4.06. The topological polar surface area (TPSA) is 73.0 Å². The van der Waals surface area contributed by atoms with Crippen LogP contribution in [0.15, 0.2) is 53.0 Å². The number of amides is 2. The number of carbonyl (C=O) groups excluding carboxylic acids is 3. The molecule has 2 aliphatic rings. The average molecular weight is 471 g/mol. The number of hydrogen-bond donors (Lipinski definition) is 1. The van der Waals surface area contributed by atoms with Gasteiger partial charge in [0.05, 0.1) is 24.3 Å². The summed E-state index contributed by atoms with van der Waals surface area (Å²) in [6.07, 6.45) is 0. The SMILES string of the molecule is O=C(CN1CCNCC1)CN1CN(C(=O)c2ccc(Br)cc2)c2ccccc2C1=O. The molecule has 0 saturated carbocycles. The number of hydrogen-bond acceptors (Lipinski definition) is 5. The van der Waals surface area contributed by atoms with E-state index in [0.29, 0.717) is 23.4 Å². The zero-order valence-electron chi connectivity index (χ0n) is 16.5. The maximum atomic E-state index is 13.2. The molecule has 2 aromatic carbocycles. The quantitative estimate of drug-likeness (QED) is 0.723. The van der Waals surface area contributed by atoms with Gasteiger partial charge in [0.25, 0.3) is 11.8 Å². The van der Waals surface area contributed by atoms with E-state index in [4.69, 9.17) is 0 Å². The maximum Gasteiger partial charge on any atom is 0.259 e. The Kier molecular flexibility index (Phi) is 6.26. The third-order valence-electron chi connectivity index (χ3n) is 5.34. The molecule has 2 heterocycles. The lowest BCUT2D eigenvalue weighted by molar-refractivity contribution is -0.121. The lowest BCUT2D eigenvalue weighted by Crippen LogP contribution is -2.52. The number of halogens is 1. The van der Waals surface area contributed by atoms with Crippen molar-refractivity contribution in [3.63, 3.8) is 0 Å². The fraction of sp³-hybridized carbons (Fsp3) is 0.318. The minimum atomic E-state index is -0.223. The first-order valence-electron chi connectivity index (χ1n) is 9.93. The van der Waals surface area contributed by atoms with Gasteiger partial charge in [-0.2, -0.15) is 0 Å². The van der Waals surface area contributed by atoms with Gasteiger partial charge in [-0.1, -0.05) is 28.1 Å². The first-order valence-corrected chi connectivity index (χ1v) is 10.7.